The standard InChI is InChI=1S/C16H27O.C7H6O2.Li/c1-2-3-4-5-6-7-8-9-10-11-12-13-14-16-15-17-16;8-7(9)6-4-2-1-3-5-6;/h11-16H,2-10H2,1H3;1-5H,(H,8,9);/q-1;;+1/b12-11+,14-13+;;. The minimum Gasteiger partial charge on any atom is -0.566 e. The van der Waals surface area contributed by atoms with Crippen LogP contribution in [0.25, 0.3) is 0 Å². The normalized spacial score (nSPS) is 15.2. The molecule has 27 heavy (non-hydrogen) atoms. The van der Waals surface area contributed by atoms with Crippen LogP contribution in [-0.4, -0.2) is 17.2 Å². The van der Waals surface area contributed by atoms with E-state index in [1.807, 2.05) is 6.61 Å². The summed E-state index contributed by atoms with van der Waals surface area (Å²) < 4.78 is 4.96. The van der Waals surface area contributed by atoms with Gasteiger partial charge >= 0.3 is 24.8 Å². The van der Waals surface area contributed by atoms with E-state index < -0.39 is 5.97 Å². The van der Waals surface area contributed by atoms with E-state index in [0.717, 1.165) is 0 Å². The molecule has 1 aliphatic rings. The summed E-state index contributed by atoms with van der Waals surface area (Å²) in [5, 5.41) is 8.38. The number of rotatable bonds is 12. The Labute approximate surface area is 177 Å². The van der Waals surface area contributed by atoms with Crippen LogP contribution in [-0.2, 0) is 4.74 Å². The van der Waals surface area contributed by atoms with Gasteiger partial charge in [0.15, 0.2) is 0 Å². The molecule has 1 unspecified atom stereocenters. The molecule has 1 saturated heterocycles. The molecule has 2 rings (SSSR count). The summed E-state index contributed by atoms with van der Waals surface area (Å²) in [7, 11) is 0. The molecule has 1 N–H and O–H groups in total. The van der Waals surface area contributed by atoms with E-state index in [-0.39, 0.29) is 18.9 Å². The second kappa shape index (κ2) is 18.1. The molecule has 0 spiro atoms. The molecule has 4 heteroatoms. The topological polar surface area (TPSA) is 49.8 Å². The van der Waals surface area contributed by atoms with Crippen molar-refractivity contribution in [1.29, 1.82) is 0 Å². The van der Waals surface area contributed by atoms with Crippen molar-refractivity contribution < 1.29 is 33.5 Å². The van der Waals surface area contributed by atoms with E-state index in [2.05, 4.69) is 31.2 Å². The molecule has 0 radical (unpaired) electrons. The minimum atomic E-state index is -0.879. The van der Waals surface area contributed by atoms with Gasteiger partial charge in [-0.3, -0.25) is 0 Å². The molecule has 1 atom stereocenters. The van der Waals surface area contributed by atoms with E-state index in [1.54, 1.807) is 30.3 Å². The fraction of sp³-hybridized carbons (Fsp3) is 0.478. The van der Waals surface area contributed by atoms with Crippen molar-refractivity contribution in [2.75, 3.05) is 0 Å². The van der Waals surface area contributed by atoms with Crippen LogP contribution in [0.4, 0.5) is 0 Å². The van der Waals surface area contributed by atoms with E-state index in [4.69, 9.17) is 9.84 Å². The summed E-state index contributed by atoms with van der Waals surface area (Å²) in [5.41, 5.74) is 0.331. The first-order valence-electron chi connectivity index (χ1n) is 9.84. The van der Waals surface area contributed by atoms with Crippen molar-refractivity contribution in [3.05, 3.63) is 66.8 Å². The number of allylic oxidation sites excluding steroid dienone is 3. The van der Waals surface area contributed by atoms with Gasteiger partial charge in [0.25, 0.3) is 0 Å². The average Bonchev–Trinajstić information content (AvgIpc) is 3.48. The summed E-state index contributed by atoms with van der Waals surface area (Å²) in [6, 6.07) is 8.30. The number of hydrogen-bond acceptors (Lipinski definition) is 2. The van der Waals surface area contributed by atoms with Gasteiger partial charge in [0.2, 0.25) is 0 Å². The number of carboxylic acid groups (broad SMARTS) is 1. The van der Waals surface area contributed by atoms with Crippen LogP contribution in [0.15, 0.2) is 54.6 Å². The quantitative estimate of drug-likeness (QED) is 0.203. The smallest absolute Gasteiger partial charge is 0.566 e. The Balaban J connectivity index is 0.000000572. The molecule has 3 nitrogen and oxygen atoms in total. The Morgan fingerprint density at radius 1 is 1.04 bits per heavy atom. The summed E-state index contributed by atoms with van der Waals surface area (Å²) in [6.07, 6.45) is 21.3. The number of ether oxygens (including phenoxy) is 1. The van der Waals surface area contributed by atoms with E-state index >= 15 is 0 Å². The van der Waals surface area contributed by atoms with Crippen LogP contribution in [0.2, 0.25) is 0 Å². The second-order valence-corrected chi connectivity index (χ2v) is 6.48. The summed E-state index contributed by atoms with van der Waals surface area (Å²) >= 11 is 0. The molecule has 0 bridgehead atoms. The number of carboxylic acids is 1. The van der Waals surface area contributed by atoms with Crippen molar-refractivity contribution in [3.8, 4) is 0 Å². The Kier molecular flexibility index (Phi) is 17.3. The van der Waals surface area contributed by atoms with Gasteiger partial charge in [0, 0.05) is 0 Å². The van der Waals surface area contributed by atoms with Crippen LogP contribution in [0, 0.1) is 6.61 Å². The Hall–Kier alpha value is -1.27. The monoisotopic (exact) mass is 364 g/mol. The van der Waals surface area contributed by atoms with Crippen molar-refractivity contribution in [3.63, 3.8) is 0 Å². The maximum atomic E-state index is 10.2. The van der Waals surface area contributed by atoms with Gasteiger partial charge < -0.3 is 9.84 Å². The number of hydrogen-bond donors (Lipinski definition) is 1. The molecular weight excluding hydrogens is 331 g/mol. The van der Waals surface area contributed by atoms with E-state index in [9.17, 15) is 4.79 Å². The summed E-state index contributed by atoms with van der Waals surface area (Å²) in [5.74, 6) is -0.879. The number of benzene rings is 1. The molecule has 1 aromatic rings. The fourth-order valence-corrected chi connectivity index (χ4v) is 2.46. The van der Waals surface area contributed by atoms with Crippen LogP contribution in [0.1, 0.15) is 75.1 Å². The minimum absolute atomic E-state index is 0. The van der Waals surface area contributed by atoms with Gasteiger partial charge in [-0.2, -0.15) is 6.61 Å². The Morgan fingerprint density at radius 3 is 2.15 bits per heavy atom. The van der Waals surface area contributed by atoms with Gasteiger partial charge in [0.05, 0.1) is 5.56 Å². The molecule has 1 fully saturated rings. The van der Waals surface area contributed by atoms with Crippen molar-refractivity contribution in [2.45, 2.75) is 70.8 Å². The van der Waals surface area contributed by atoms with Crippen LogP contribution >= 0.6 is 0 Å². The molecule has 0 saturated carbocycles. The maximum Gasteiger partial charge on any atom is 1.00 e. The number of unbranched alkanes of at least 4 members (excludes halogenated alkanes) is 8. The third kappa shape index (κ3) is 16.6. The van der Waals surface area contributed by atoms with E-state index in [1.165, 1.54) is 57.8 Å². The van der Waals surface area contributed by atoms with Gasteiger partial charge in [-0.05, 0) is 25.0 Å². The molecular formula is C23H33LiO3. The zero-order valence-electron chi connectivity index (χ0n) is 17.0. The molecule has 144 valence electrons. The zero-order chi connectivity index (χ0) is 18.9. The first-order chi connectivity index (χ1) is 12.7. The fourth-order valence-electron chi connectivity index (χ4n) is 2.46. The van der Waals surface area contributed by atoms with Gasteiger partial charge in [-0.15, -0.1) is 0 Å². The molecule has 0 amide bonds. The van der Waals surface area contributed by atoms with Gasteiger partial charge in [0.1, 0.15) is 0 Å². The van der Waals surface area contributed by atoms with Crippen molar-refractivity contribution in [1.82, 2.24) is 0 Å². The zero-order valence-corrected chi connectivity index (χ0v) is 17.0. The maximum absolute atomic E-state index is 10.2. The Morgan fingerprint density at radius 2 is 1.63 bits per heavy atom. The summed E-state index contributed by atoms with van der Waals surface area (Å²) in [4.78, 5) is 10.2. The number of carbonyl (C=O) groups is 1. The van der Waals surface area contributed by atoms with E-state index in [0.29, 0.717) is 11.7 Å². The van der Waals surface area contributed by atoms with Crippen molar-refractivity contribution >= 4 is 5.97 Å². The molecule has 0 aromatic heterocycles. The van der Waals surface area contributed by atoms with Gasteiger partial charge in [-0.1, -0.05) is 100 Å². The predicted octanol–water partition coefficient (Wildman–Crippen LogP) is 3.58. The largest absolute Gasteiger partial charge is 1.00 e. The molecule has 0 aliphatic carbocycles. The number of aromatic carboxylic acids is 1. The summed E-state index contributed by atoms with van der Waals surface area (Å²) in [6.45, 7) is 4.11. The molecule has 1 aromatic carbocycles. The Bertz CT molecular complexity index is 522. The second-order valence-electron chi connectivity index (χ2n) is 6.48. The first-order valence-corrected chi connectivity index (χ1v) is 9.84. The van der Waals surface area contributed by atoms with Crippen molar-refractivity contribution in [2.24, 2.45) is 0 Å². The SMILES string of the molecule is CCCCCCCCCC/C=C/C=C/C1[CH-]O1.O=C(O)c1ccccc1.[Li+]. The van der Waals surface area contributed by atoms with Crippen LogP contribution < -0.4 is 18.9 Å². The third-order valence-corrected chi connectivity index (χ3v) is 4.09. The average molecular weight is 364 g/mol. The number of epoxide rings is 1. The first kappa shape index (κ1) is 25.7. The predicted molar refractivity (Wildman–Crippen MR) is 108 cm³/mol. The van der Waals surface area contributed by atoms with Crippen LogP contribution in [0.3, 0.4) is 0 Å². The molecule has 1 heterocycles. The van der Waals surface area contributed by atoms with Gasteiger partial charge in [-0.25, -0.2) is 4.79 Å². The molecule has 1 aliphatic heterocycles. The van der Waals surface area contributed by atoms with Crippen LogP contribution in [0.5, 0.6) is 0 Å². The third-order valence-electron chi connectivity index (χ3n) is 4.09.